The Morgan fingerprint density at radius 3 is 2.91 bits per heavy atom. The Hall–Kier alpha value is -3.45. The fourth-order valence-corrected chi connectivity index (χ4v) is 5.08. The summed E-state index contributed by atoms with van der Waals surface area (Å²) in [5.41, 5.74) is 11.1. The van der Waals surface area contributed by atoms with Gasteiger partial charge in [0.2, 0.25) is 0 Å². The first kappa shape index (κ1) is 21.4. The molecule has 1 aliphatic carbocycles. The van der Waals surface area contributed by atoms with Crippen molar-refractivity contribution < 1.29 is 4.79 Å². The van der Waals surface area contributed by atoms with Crippen LogP contribution < -0.4 is 11.1 Å². The van der Waals surface area contributed by atoms with E-state index in [0.717, 1.165) is 61.9 Å². The standard InChI is InChI=1S/C26H30N6O/c27-26(33)30-13-3-4-16-32(23-11-5-7-18-8-6-14-29-24(18)23)17-22-25-20(12-15-28-22)19-9-1-2-10-21(19)31-25/h1-2,6,8-10,12,14-15,23,31H,3-5,7,11,13,16-17H2,(H3,27,30,33)/t23-/m0/s1. The summed E-state index contributed by atoms with van der Waals surface area (Å²) in [7, 11) is 0. The maximum atomic E-state index is 11.0. The van der Waals surface area contributed by atoms with Gasteiger partial charge >= 0.3 is 6.03 Å². The van der Waals surface area contributed by atoms with E-state index in [1.54, 1.807) is 0 Å². The van der Waals surface area contributed by atoms with E-state index < -0.39 is 6.03 Å². The second kappa shape index (κ2) is 9.58. The van der Waals surface area contributed by atoms with Crippen molar-refractivity contribution in [2.45, 2.75) is 44.7 Å². The van der Waals surface area contributed by atoms with Gasteiger partial charge in [-0.1, -0.05) is 24.3 Å². The highest BCUT2D eigenvalue weighted by molar-refractivity contribution is 6.07. The molecule has 0 aliphatic heterocycles. The van der Waals surface area contributed by atoms with E-state index in [-0.39, 0.29) is 6.04 Å². The molecule has 0 spiro atoms. The van der Waals surface area contributed by atoms with Gasteiger partial charge in [-0.3, -0.25) is 14.9 Å². The molecule has 4 aromatic rings. The predicted molar refractivity (Wildman–Crippen MR) is 131 cm³/mol. The lowest BCUT2D eigenvalue weighted by molar-refractivity contribution is 0.161. The number of benzene rings is 1. The number of primary amides is 1. The zero-order chi connectivity index (χ0) is 22.6. The number of pyridine rings is 2. The van der Waals surface area contributed by atoms with E-state index >= 15 is 0 Å². The number of fused-ring (bicyclic) bond motifs is 4. The molecular formula is C26H30N6O. The van der Waals surface area contributed by atoms with E-state index in [4.69, 9.17) is 15.7 Å². The zero-order valence-corrected chi connectivity index (χ0v) is 18.8. The van der Waals surface area contributed by atoms with E-state index in [9.17, 15) is 4.79 Å². The summed E-state index contributed by atoms with van der Waals surface area (Å²) < 4.78 is 0. The Bertz CT molecular complexity index is 1270. The largest absolute Gasteiger partial charge is 0.353 e. The van der Waals surface area contributed by atoms with Crippen molar-refractivity contribution >= 4 is 27.8 Å². The molecule has 7 heteroatoms. The molecule has 3 heterocycles. The maximum absolute atomic E-state index is 11.0. The third-order valence-corrected chi connectivity index (χ3v) is 6.64. The second-order valence-electron chi connectivity index (χ2n) is 8.78. The molecule has 0 saturated heterocycles. The predicted octanol–water partition coefficient (Wildman–Crippen LogP) is 4.44. The monoisotopic (exact) mass is 442 g/mol. The van der Waals surface area contributed by atoms with Crippen molar-refractivity contribution in [3.63, 3.8) is 0 Å². The van der Waals surface area contributed by atoms with Crippen LogP contribution in [-0.4, -0.2) is 39.0 Å². The van der Waals surface area contributed by atoms with Gasteiger partial charge in [-0.25, -0.2) is 4.79 Å². The molecule has 0 fully saturated rings. The van der Waals surface area contributed by atoms with Crippen molar-refractivity contribution in [3.05, 3.63) is 71.8 Å². The summed E-state index contributed by atoms with van der Waals surface area (Å²) in [6, 6.07) is 14.5. The minimum absolute atomic E-state index is 0.264. The molecule has 0 bridgehead atoms. The summed E-state index contributed by atoms with van der Waals surface area (Å²) in [4.78, 5) is 26.7. The number of aryl methyl sites for hydroxylation is 1. The van der Waals surface area contributed by atoms with Gasteiger partial charge < -0.3 is 16.0 Å². The number of aromatic nitrogens is 3. The van der Waals surface area contributed by atoms with Crippen LogP contribution in [0.1, 0.15) is 48.7 Å². The van der Waals surface area contributed by atoms with Gasteiger partial charge in [-0.2, -0.15) is 0 Å². The lowest BCUT2D eigenvalue weighted by Gasteiger charge is -2.35. The molecule has 170 valence electrons. The van der Waals surface area contributed by atoms with Crippen LogP contribution in [0.4, 0.5) is 4.79 Å². The molecule has 0 saturated carbocycles. The molecule has 2 amide bonds. The molecule has 1 atom stereocenters. The van der Waals surface area contributed by atoms with Gasteiger partial charge in [0.1, 0.15) is 0 Å². The number of amides is 2. The van der Waals surface area contributed by atoms with Crippen molar-refractivity contribution in [1.82, 2.24) is 25.2 Å². The number of para-hydroxylation sites is 1. The van der Waals surface area contributed by atoms with Gasteiger partial charge in [0.15, 0.2) is 0 Å². The molecule has 7 nitrogen and oxygen atoms in total. The Morgan fingerprint density at radius 2 is 2.00 bits per heavy atom. The minimum Gasteiger partial charge on any atom is -0.353 e. The van der Waals surface area contributed by atoms with Crippen molar-refractivity contribution in [1.29, 1.82) is 0 Å². The number of hydrogen-bond donors (Lipinski definition) is 3. The molecule has 0 radical (unpaired) electrons. The van der Waals surface area contributed by atoms with Crippen LogP contribution in [0.5, 0.6) is 0 Å². The number of hydrogen-bond acceptors (Lipinski definition) is 4. The first-order valence-corrected chi connectivity index (χ1v) is 11.8. The second-order valence-corrected chi connectivity index (χ2v) is 8.78. The van der Waals surface area contributed by atoms with Gasteiger partial charge in [-0.05, 0) is 62.4 Å². The lowest BCUT2D eigenvalue weighted by Crippen LogP contribution is -2.34. The smallest absolute Gasteiger partial charge is 0.312 e. The Balaban J connectivity index is 1.44. The Morgan fingerprint density at radius 1 is 1.09 bits per heavy atom. The van der Waals surface area contributed by atoms with Crippen LogP contribution in [0.15, 0.2) is 54.9 Å². The number of urea groups is 1. The average Bonchev–Trinajstić information content (AvgIpc) is 3.22. The number of nitrogens with two attached hydrogens (primary N) is 1. The van der Waals surface area contributed by atoms with Crippen LogP contribution in [-0.2, 0) is 13.0 Å². The molecule has 0 unspecified atom stereocenters. The van der Waals surface area contributed by atoms with E-state index in [1.165, 1.54) is 22.0 Å². The number of carbonyl (C=O) groups is 1. The van der Waals surface area contributed by atoms with Crippen molar-refractivity contribution in [2.24, 2.45) is 5.73 Å². The highest BCUT2D eigenvalue weighted by atomic mass is 16.2. The lowest BCUT2D eigenvalue weighted by atomic mass is 9.90. The van der Waals surface area contributed by atoms with Crippen LogP contribution in [0.3, 0.4) is 0 Å². The molecule has 3 aromatic heterocycles. The van der Waals surface area contributed by atoms with Crippen LogP contribution >= 0.6 is 0 Å². The van der Waals surface area contributed by atoms with Crippen molar-refractivity contribution in [3.8, 4) is 0 Å². The average molecular weight is 443 g/mol. The number of nitrogens with one attached hydrogen (secondary N) is 2. The number of nitrogens with zero attached hydrogens (tertiary/aromatic N) is 3. The summed E-state index contributed by atoms with van der Waals surface area (Å²) in [6.45, 7) is 2.24. The maximum Gasteiger partial charge on any atom is 0.312 e. The highest BCUT2D eigenvalue weighted by Crippen LogP contribution is 2.35. The Kier molecular flexibility index (Phi) is 6.21. The number of H-pyrrole nitrogens is 1. The fraction of sp³-hybridized carbons (Fsp3) is 0.346. The molecule has 5 rings (SSSR count). The third kappa shape index (κ3) is 4.54. The van der Waals surface area contributed by atoms with Gasteiger partial charge in [0.05, 0.1) is 22.9 Å². The topological polar surface area (TPSA) is 99.9 Å². The zero-order valence-electron chi connectivity index (χ0n) is 18.8. The highest BCUT2D eigenvalue weighted by Gasteiger charge is 2.28. The third-order valence-electron chi connectivity index (χ3n) is 6.64. The van der Waals surface area contributed by atoms with Gasteiger partial charge in [0.25, 0.3) is 0 Å². The summed E-state index contributed by atoms with van der Waals surface area (Å²) >= 11 is 0. The molecular weight excluding hydrogens is 412 g/mol. The van der Waals surface area contributed by atoms with E-state index in [1.807, 2.05) is 18.5 Å². The number of aromatic amines is 1. The van der Waals surface area contributed by atoms with Crippen molar-refractivity contribution in [2.75, 3.05) is 13.1 Å². The summed E-state index contributed by atoms with van der Waals surface area (Å²) in [5.74, 6) is 0. The van der Waals surface area contributed by atoms with Gasteiger partial charge in [0, 0.05) is 41.8 Å². The molecule has 33 heavy (non-hydrogen) atoms. The first-order valence-electron chi connectivity index (χ1n) is 11.8. The number of carbonyl (C=O) groups excluding carboxylic acids is 1. The van der Waals surface area contributed by atoms with Crippen LogP contribution in [0.25, 0.3) is 21.8 Å². The molecule has 4 N–H and O–H groups in total. The van der Waals surface area contributed by atoms with Crippen LogP contribution in [0, 0.1) is 0 Å². The fourth-order valence-electron chi connectivity index (χ4n) is 5.08. The summed E-state index contributed by atoms with van der Waals surface area (Å²) in [5, 5.41) is 5.13. The minimum atomic E-state index is -0.466. The quantitative estimate of drug-likeness (QED) is 0.351. The first-order chi connectivity index (χ1) is 16.2. The van der Waals surface area contributed by atoms with Gasteiger partial charge in [-0.15, -0.1) is 0 Å². The molecule has 1 aliphatic rings. The Labute approximate surface area is 193 Å². The van der Waals surface area contributed by atoms with E-state index in [2.05, 4.69) is 51.6 Å². The molecule has 1 aromatic carbocycles. The summed E-state index contributed by atoms with van der Waals surface area (Å²) in [6.07, 6.45) is 9.00. The van der Waals surface area contributed by atoms with E-state index in [0.29, 0.717) is 6.54 Å². The normalized spacial score (nSPS) is 15.7. The SMILES string of the molecule is NC(=O)NCCCCN(Cc1nccc2c1[nH]c1ccccc12)[C@H]1CCCc2cccnc21. The van der Waals surface area contributed by atoms with Crippen LogP contribution in [0.2, 0.25) is 0 Å². The number of unbranched alkanes of at least 4 members (excludes halogenated alkanes) is 1. The number of rotatable bonds is 8.